The summed E-state index contributed by atoms with van der Waals surface area (Å²) in [7, 11) is 0. The Morgan fingerprint density at radius 3 is 2.82 bits per heavy atom. The van der Waals surface area contributed by atoms with Crippen LogP contribution < -0.4 is 10.6 Å². The van der Waals surface area contributed by atoms with Gasteiger partial charge in [-0.1, -0.05) is 37.7 Å². The van der Waals surface area contributed by atoms with E-state index in [1.54, 1.807) is 11.8 Å². The van der Waals surface area contributed by atoms with Crippen molar-refractivity contribution >= 4 is 23.6 Å². The number of carbonyl (C=O) groups is 2. The summed E-state index contributed by atoms with van der Waals surface area (Å²) < 4.78 is 12.5. The van der Waals surface area contributed by atoms with E-state index in [0.29, 0.717) is 36.6 Å². The zero-order valence-electron chi connectivity index (χ0n) is 19.7. The van der Waals surface area contributed by atoms with E-state index in [-0.39, 0.29) is 30.2 Å². The molecular formula is C23H33N5O4S. The van der Waals surface area contributed by atoms with Crippen molar-refractivity contribution in [3.63, 3.8) is 0 Å². The first-order valence-electron chi connectivity index (χ1n) is 11.3. The Hall–Kier alpha value is -2.75. The fraction of sp³-hybridized carbons (Fsp3) is 0.565. The number of aromatic nitrogens is 3. The van der Waals surface area contributed by atoms with Crippen molar-refractivity contribution in [1.82, 2.24) is 19.8 Å². The van der Waals surface area contributed by atoms with Gasteiger partial charge < -0.3 is 20.2 Å². The van der Waals surface area contributed by atoms with Crippen LogP contribution in [0.15, 0.2) is 23.4 Å². The number of piperidine rings is 1. The molecule has 2 aromatic rings. The molecule has 1 saturated heterocycles. The van der Waals surface area contributed by atoms with Crippen molar-refractivity contribution in [2.75, 3.05) is 31.3 Å². The number of hydrogen-bond acceptors (Lipinski definition) is 8. The summed E-state index contributed by atoms with van der Waals surface area (Å²) in [5.41, 5.74) is 2.23. The minimum atomic E-state index is -0.257. The zero-order valence-corrected chi connectivity index (χ0v) is 20.6. The molecule has 1 aromatic heterocycles. The Labute approximate surface area is 199 Å². The molecule has 0 radical (unpaired) electrons. The van der Waals surface area contributed by atoms with E-state index in [4.69, 9.17) is 15.3 Å². The minimum absolute atomic E-state index is 0.0591. The molecule has 2 N–H and O–H groups in total. The average Bonchev–Trinajstić information content (AvgIpc) is 3.15. The maximum Gasteiger partial charge on any atom is 0.310 e. The number of aryl methyl sites for hydroxylation is 1. The molecular weight excluding hydrogens is 442 g/mol. The highest BCUT2D eigenvalue weighted by molar-refractivity contribution is 7.99. The summed E-state index contributed by atoms with van der Waals surface area (Å²) in [6, 6.07) is 6.14. The fourth-order valence-electron chi connectivity index (χ4n) is 3.76. The molecule has 3 rings (SSSR count). The van der Waals surface area contributed by atoms with Crippen LogP contribution in [0.1, 0.15) is 56.5 Å². The predicted octanol–water partition coefficient (Wildman–Crippen LogP) is 2.90. The number of nitrogens with zero attached hydrogens (tertiary/aromatic N) is 4. The standard InChI is InChI=1S/C23H33N5O4S/c1-5-31-22(30)17-7-6-10-27(12-17)21(29)14-33-23-26-25-20(28(23)24)13-32-19-11-16(4)8-9-18(19)15(2)3/h8-9,11,15,17H,5-7,10,12-14,24H2,1-4H3. The topological polar surface area (TPSA) is 113 Å². The first-order chi connectivity index (χ1) is 15.8. The Morgan fingerprint density at radius 2 is 2.09 bits per heavy atom. The van der Waals surface area contributed by atoms with Crippen molar-refractivity contribution in [1.29, 1.82) is 0 Å². The third kappa shape index (κ3) is 6.40. The molecule has 33 heavy (non-hydrogen) atoms. The van der Waals surface area contributed by atoms with Gasteiger partial charge in [-0.25, -0.2) is 4.68 Å². The summed E-state index contributed by atoms with van der Waals surface area (Å²) in [4.78, 5) is 26.4. The number of ether oxygens (including phenoxy) is 2. The fourth-order valence-corrected chi connectivity index (χ4v) is 4.54. The second kappa shape index (κ2) is 11.4. The van der Waals surface area contributed by atoms with Gasteiger partial charge in [0.2, 0.25) is 11.1 Å². The third-order valence-corrected chi connectivity index (χ3v) is 6.53. The van der Waals surface area contributed by atoms with Gasteiger partial charge in [-0.15, -0.1) is 10.2 Å². The van der Waals surface area contributed by atoms with Crippen molar-refractivity contribution in [2.45, 2.75) is 58.2 Å². The highest BCUT2D eigenvalue weighted by atomic mass is 32.2. The Bertz CT molecular complexity index is 978. The molecule has 180 valence electrons. The molecule has 1 fully saturated rings. The number of nitrogen functional groups attached to an aromatic ring is 1. The largest absolute Gasteiger partial charge is 0.485 e. The van der Waals surface area contributed by atoms with Crippen molar-refractivity contribution in [2.24, 2.45) is 5.92 Å². The summed E-state index contributed by atoms with van der Waals surface area (Å²) in [6.07, 6.45) is 1.53. The Balaban J connectivity index is 1.56. The maximum atomic E-state index is 12.7. The molecule has 10 heteroatoms. The smallest absolute Gasteiger partial charge is 0.310 e. The van der Waals surface area contributed by atoms with Gasteiger partial charge in [-0.05, 0) is 49.8 Å². The molecule has 9 nitrogen and oxygen atoms in total. The van der Waals surface area contributed by atoms with Crippen LogP contribution in [0.5, 0.6) is 5.75 Å². The lowest BCUT2D eigenvalue weighted by molar-refractivity contribution is -0.151. The third-order valence-electron chi connectivity index (χ3n) is 5.60. The molecule has 1 amide bonds. The number of rotatable bonds is 9. The van der Waals surface area contributed by atoms with E-state index < -0.39 is 0 Å². The van der Waals surface area contributed by atoms with E-state index in [9.17, 15) is 9.59 Å². The van der Waals surface area contributed by atoms with Gasteiger partial charge in [-0.2, -0.15) is 0 Å². The SMILES string of the molecule is CCOC(=O)C1CCCN(C(=O)CSc2nnc(COc3cc(C)ccc3C(C)C)n2N)C1. The van der Waals surface area contributed by atoms with Crippen LogP contribution >= 0.6 is 11.8 Å². The van der Waals surface area contributed by atoms with Gasteiger partial charge in [0.1, 0.15) is 12.4 Å². The highest BCUT2D eigenvalue weighted by Gasteiger charge is 2.29. The van der Waals surface area contributed by atoms with Crippen LogP contribution in [0.3, 0.4) is 0 Å². The van der Waals surface area contributed by atoms with E-state index in [1.165, 1.54) is 16.4 Å². The molecule has 1 atom stereocenters. The molecule has 0 saturated carbocycles. The number of benzene rings is 1. The molecule has 1 aliphatic heterocycles. The number of hydrogen-bond donors (Lipinski definition) is 1. The number of amides is 1. The summed E-state index contributed by atoms with van der Waals surface area (Å²) in [6.45, 7) is 9.59. The molecule has 0 bridgehead atoms. The number of esters is 1. The van der Waals surface area contributed by atoms with Crippen molar-refractivity contribution in [3.05, 3.63) is 35.2 Å². The second-order valence-corrected chi connectivity index (χ2v) is 9.42. The Kier molecular flexibility index (Phi) is 8.60. The van der Waals surface area contributed by atoms with E-state index in [0.717, 1.165) is 29.7 Å². The Morgan fingerprint density at radius 1 is 1.30 bits per heavy atom. The minimum Gasteiger partial charge on any atom is -0.485 e. The number of nitrogens with two attached hydrogens (primary N) is 1. The van der Waals surface area contributed by atoms with Gasteiger partial charge in [0.25, 0.3) is 0 Å². The molecule has 0 spiro atoms. The van der Waals surface area contributed by atoms with Crippen LogP contribution in [0.25, 0.3) is 0 Å². The van der Waals surface area contributed by atoms with Gasteiger partial charge >= 0.3 is 5.97 Å². The maximum absolute atomic E-state index is 12.7. The molecule has 0 aliphatic carbocycles. The lowest BCUT2D eigenvalue weighted by atomic mass is 9.98. The number of likely N-dealkylation sites (tertiary alicyclic amines) is 1. The monoisotopic (exact) mass is 475 g/mol. The summed E-state index contributed by atoms with van der Waals surface area (Å²) >= 11 is 1.22. The molecule has 2 heterocycles. The number of thioether (sulfide) groups is 1. The summed E-state index contributed by atoms with van der Waals surface area (Å²) in [5.74, 6) is 7.38. The van der Waals surface area contributed by atoms with Gasteiger partial charge in [-0.3, -0.25) is 9.59 Å². The quantitative estimate of drug-likeness (QED) is 0.335. The highest BCUT2D eigenvalue weighted by Crippen LogP contribution is 2.28. The second-order valence-electron chi connectivity index (χ2n) is 8.47. The van der Waals surface area contributed by atoms with Crippen molar-refractivity contribution in [3.8, 4) is 5.75 Å². The molecule has 1 aromatic carbocycles. The lowest BCUT2D eigenvalue weighted by Crippen LogP contribution is -2.43. The predicted molar refractivity (Wildman–Crippen MR) is 126 cm³/mol. The van der Waals surface area contributed by atoms with Gasteiger partial charge in [0, 0.05) is 13.1 Å². The van der Waals surface area contributed by atoms with E-state index in [2.05, 4.69) is 36.2 Å². The molecule has 1 unspecified atom stereocenters. The van der Waals surface area contributed by atoms with E-state index >= 15 is 0 Å². The van der Waals surface area contributed by atoms with Crippen LogP contribution in [0.4, 0.5) is 0 Å². The first-order valence-corrected chi connectivity index (χ1v) is 12.3. The normalized spacial score (nSPS) is 16.2. The zero-order chi connectivity index (χ0) is 24.0. The van der Waals surface area contributed by atoms with Gasteiger partial charge in [0.15, 0.2) is 5.82 Å². The van der Waals surface area contributed by atoms with Crippen LogP contribution in [0.2, 0.25) is 0 Å². The lowest BCUT2D eigenvalue weighted by Gasteiger charge is -2.31. The first kappa shape index (κ1) is 24.9. The van der Waals surface area contributed by atoms with Gasteiger partial charge in [0.05, 0.1) is 18.3 Å². The molecule has 1 aliphatic rings. The van der Waals surface area contributed by atoms with Crippen molar-refractivity contribution < 1.29 is 19.1 Å². The average molecular weight is 476 g/mol. The van der Waals surface area contributed by atoms with E-state index in [1.807, 2.05) is 13.0 Å². The van der Waals surface area contributed by atoms with Crippen LogP contribution in [0, 0.1) is 12.8 Å². The van der Waals surface area contributed by atoms with Crippen LogP contribution in [-0.2, 0) is 20.9 Å². The summed E-state index contributed by atoms with van der Waals surface area (Å²) in [5, 5.41) is 8.68. The number of carbonyl (C=O) groups excluding carboxylic acids is 2. The van der Waals surface area contributed by atoms with Crippen LogP contribution in [-0.4, -0.2) is 57.1 Å².